The number of nitrogens with one attached hydrogen (secondary N) is 1. The number of hydrogen-bond donors (Lipinski definition) is 1. The topological polar surface area (TPSA) is 34.2 Å². The SMILES string of the molecule is CCNC(c1cncc(OCC)c1)c1ccc(F)cc1Br. The number of ether oxygens (including phenoxy) is 1. The highest BCUT2D eigenvalue weighted by Gasteiger charge is 2.17. The minimum atomic E-state index is -0.262. The van der Waals surface area contributed by atoms with Gasteiger partial charge in [0.25, 0.3) is 0 Å². The molecular weight excluding hydrogens is 335 g/mol. The Hall–Kier alpha value is -1.46. The Kier molecular flexibility index (Phi) is 5.70. The smallest absolute Gasteiger partial charge is 0.137 e. The first-order valence-electron chi connectivity index (χ1n) is 6.91. The van der Waals surface area contributed by atoms with Crippen molar-refractivity contribution in [3.05, 3.63) is 58.1 Å². The number of rotatable bonds is 6. The third-order valence-corrected chi connectivity index (χ3v) is 3.75. The molecule has 112 valence electrons. The third-order valence-electron chi connectivity index (χ3n) is 3.06. The van der Waals surface area contributed by atoms with Crippen LogP contribution in [0, 0.1) is 5.82 Å². The number of benzene rings is 1. The molecule has 2 rings (SSSR count). The number of halogens is 2. The molecule has 3 nitrogen and oxygen atoms in total. The molecule has 0 aliphatic heterocycles. The monoisotopic (exact) mass is 352 g/mol. The second kappa shape index (κ2) is 7.52. The van der Waals surface area contributed by atoms with E-state index < -0.39 is 0 Å². The molecule has 1 N–H and O–H groups in total. The lowest BCUT2D eigenvalue weighted by molar-refractivity contribution is 0.338. The second-order valence-electron chi connectivity index (χ2n) is 4.54. The zero-order valence-electron chi connectivity index (χ0n) is 12.1. The van der Waals surface area contributed by atoms with E-state index in [2.05, 4.69) is 26.2 Å². The van der Waals surface area contributed by atoms with Gasteiger partial charge in [0.15, 0.2) is 0 Å². The van der Waals surface area contributed by atoms with Gasteiger partial charge in [-0.3, -0.25) is 4.98 Å². The molecule has 5 heteroatoms. The summed E-state index contributed by atoms with van der Waals surface area (Å²) in [7, 11) is 0. The Morgan fingerprint density at radius 1 is 1.29 bits per heavy atom. The summed E-state index contributed by atoms with van der Waals surface area (Å²) in [6.45, 7) is 5.35. The largest absolute Gasteiger partial charge is 0.492 e. The zero-order valence-corrected chi connectivity index (χ0v) is 13.7. The van der Waals surface area contributed by atoms with E-state index in [1.165, 1.54) is 12.1 Å². The molecule has 0 amide bonds. The van der Waals surface area contributed by atoms with Crippen LogP contribution in [0.5, 0.6) is 5.75 Å². The van der Waals surface area contributed by atoms with Crippen molar-refractivity contribution >= 4 is 15.9 Å². The van der Waals surface area contributed by atoms with E-state index in [9.17, 15) is 4.39 Å². The summed E-state index contributed by atoms with van der Waals surface area (Å²) >= 11 is 3.43. The quantitative estimate of drug-likeness (QED) is 0.850. The van der Waals surface area contributed by atoms with E-state index in [1.54, 1.807) is 18.5 Å². The molecule has 0 spiro atoms. The fourth-order valence-electron chi connectivity index (χ4n) is 2.19. The minimum absolute atomic E-state index is 0.0714. The maximum Gasteiger partial charge on any atom is 0.137 e. The molecular formula is C16H18BrFN2O. The minimum Gasteiger partial charge on any atom is -0.492 e. The van der Waals surface area contributed by atoms with Crippen molar-refractivity contribution in [1.82, 2.24) is 10.3 Å². The van der Waals surface area contributed by atoms with Gasteiger partial charge >= 0.3 is 0 Å². The lowest BCUT2D eigenvalue weighted by Crippen LogP contribution is -2.22. The van der Waals surface area contributed by atoms with Crippen LogP contribution in [0.4, 0.5) is 4.39 Å². The zero-order chi connectivity index (χ0) is 15.2. The first kappa shape index (κ1) is 15.9. The van der Waals surface area contributed by atoms with Crippen molar-refractivity contribution in [2.75, 3.05) is 13.2 Å². The van der Waals surface area contributed by atoms with Crippen molar-refractivity contribution in [2.45, 2.75) is 19.9 Å². The highest BCUT2D eigenvalue weighted by Crippen LogP contribution is 2.30. The Balaban J connectivity index is 2.40. The van der Waals surface area contributed by atoms with E-state index in [4.69, 9.17) is 4.74 Å². The maximum absolute atomic E-state index is 13.3. The number of nitrogens with zero attached hydrogens (tertiary/aromatic N) is 1. The molecule has 0 radical (unpaired) electrons. The van der Waals surface area contributed by atoms with Crippen molar-refractivity contribution < 1.29 is 9.13 Å². The summed E-state index contributed by atoms with van der Waals surface area (Å²) in [5, 5.41) is 3.40. The molecule has 0 bridgehead atoms. The van der Waals surface area contributed by atoms with Crippen LogP contribution in [0.3, 0.4) is 0 Å². The molecule has 1 heterocycles. The van der Waals surface area contributed by atoms with Crippen LogP contribution in [-0.2, 0) is 0 Å². The highest BCUT2D eigenvalue weighted by molar-refractivity contribution is 9.10. The molecule has 0 saturated carbocycles. The lowest BCUT2D eigenvalue weighted by atomic mass is 10.00. The van der Waals surface area contributed by atoms with Crippen molar-refractivity contribution in [2.24, 2.45) is 0 Å². The first-order valence-corrected chi connectivity index (χ1v) is 7.71. The predicted octanol–water partition coefficient (Wildman–Crippen LogP) is 4.08. The van der Waals surface area contributed by atoms with Gasteiger partial charge in [0, 0.05) is 10.7 Å². The van der Waals surface area contributed by atoms with Crippen LogP contribution in [0.15, 0.2) is 41.1 Å². The van der Waals surface area contributed by atoms with Crippen LogP contribution in [0.1, 0.15) is 31.0 Å². The van der Waals surface area contributed by atoms with Crippen molar-refractivity contribution in [3.63, 3.8) is 0 Å². The van der Waals surface area contributed by atoms with Crippen LogP contribution < -0.4 is 10.1 Å². The van der Waals surface area contributed by atoms with Gasteiger partial charge in [-0.05, 0) is 42.8 Å². The standard InChI is InChI=1S/C16H18BrFN2O/c1-3-20-16(14-6-5-12(18)8-15(14)17)11-7-13(21-4-2)10-19-9-11/h5-10,16,20H,3-4H2,1-2H3. The number of pyridine rings is 1. The molecule has 0 aliphatic carbocycles. The summed E-state index contributed by atoms with van der Waals surface area (Å²) < 4.78 is 19.5. The predicted molar refractivity (Wildman–Crippen MR) is 85.0 cm³/mol. The number of hydrogen-bond acceptors (Lipinski definition) is 3. The normalized spacial score (nSPS) is 12.2. The average molecular weight is 353 g/mol. The van der Waals surface area contributed by atoms with Gasteiger partial charge < -0.3 is 10.1 Å². The summed E-state index contributed by atoms with van der Waals surface area (Å²) in [4.78, 5) is 4.22. The maximum atomic E-state index is 13.3. The van der Waals surface area contributed by atoms with Gasteiger partial charge in [-0.25, -0.2) is 4.39 Å². The number of aromatic nitrogens is 1. The molecule has 1 aromatic carbocycles. The van der Waals surface area contributed by atoms with E-state index in [1.807, 2.05) is 19.9 Å². The Morgan fingerprint density at radius 3 is 2.76 bits per heavy atom. The summed E-state index contributed by atoms with van der Waals surface area (Å²) in [5.74, 6) is 0.471. The first-order chi connectivity index (χ1) is 10.2. The molecule has 2 aromatic rings. The molecule has 1 aromatic heterocycles. The van der Waals surface area contributed by atoms with E-state index >= 15 is 0 Å². The van der Waals surface area contributed by atoms with Gasteiger partial charge in [0.1, 0.15) is 11.6 Å². The molecule has 1 atom stereocenters. The van der Waals surface area contributed by atoms with Gasteiger partial charge in [-0.1, -0.05) is 28.9 Å². The van der Waals surface area contributed by atoms with Gasteiger partial charge in [-0.15, -0.1) is 0 Å². The average Bonchev–Trinajstić information content (AvgIpc) is 2.46. The van der Waals surface area contributed by atoms with Crippen LogP contribution in [0.2, 0.25) is 0 Å². The lowest BCUT2D eigenvalue weighted by Gasteiger charge is -2.20. The van der Waals surface area contributed by atoms with Crippen molar-refractivity contribution in [3.8, 4) is 5.75 Å². The van der Waals surface area contributed by atoms with Crippen molar-refractivity contribution in [1.29, 1.82) is 0 Å². The van der Waals surface area contributed by atoms with Crippen LogP contribution in [0.25, 0.3) is 0 Å². The van der Waals surface area contributed by atoms with E-state index in [-0.39, 0.29) is 11.9 Å². The summed E-state index contributed by atoms with van der Waals surface area (Å²) in [5.41, 5.74) is 1.95. The molecule has 0 fully saturated rings. The Morgan fingerprint density at radius 2 is 2.10 bits per heavy atom. The van der Waals surface area contributed by atoms with Crippen LogP contribution >= 0.6 is 15.9 Å². The molecule has 0 saturated heterocycles. The summed E-state index contributed by atoms with van der Waals surface area (Å²) in [6.07, 6.45) is 3.49. The van der Waals surface area contributed by atoms with Gasteiger partial charge in [0.05, 0.1) is 18.8 Å². The second-order valence-corrected chi connectivity index (χ2v) is 5.40. The molecule has 0 aliphatic rings. The van der Waals surface area contributed by atoms with Crippen LogP contribution in [-0.4, -0.2) is 18.1 Å². The van der Waals surface area contributed by atoms with Gasteiger partial charge in [0.2, 0.25) is 0 Å². The fraction of sp³-hybridized carbons (Fsp3) is 0.312. The molecule has 1 unspecified atom stereocenters. The Labute approximate surface area is 132 Å². The third kappa shape index (κ3) is 4.02. The fourth-order valence-corrected chi connectivity index (χ4v) is 2.77. The highest BCUT2D eigenvalue weighted by atomic mass is 79.9. The van der Waals surface area contributed by atoms with E-state index in [0.717, 1.165) is 27.9 Å². The van der Waals surface area contributed by atoms with Gasteiger partial charge in [-0.2, -0.15) is 0 Å². The summed E-state index contributed by atoms with van der Waals surface area (Å²) in [6, 6.07) is 6.60. The van der Waals surface area contributed by atoms with E-state index in [0.29, 0.717) is 6.61 Å². The molecule has 21 heavy (non-hydrogen) atoms. The Bertz CT molecular complexity index is 607.